The molecule has 2 saturated carbocycles. The molecule has 3 rings (SSSR count). The molecule has 3 aliphatic carbocycles. The van der Waals surface area contributed by atoms with Crippen molar-refractivity contribution in [3.05, 3.63) is 22.9 Å². The Morgan fingerprint density at radius 2 is 1.89 bits per heavy atom. The van der Waals surface area contributed by atoms with Crippen LogP contribution in [0.25, 0.3) is 0 Å². The fraction of sp³-hybridized carbons (Fsp3) is 0.818. The molecule has 2 fully saturated rings. The molecule has 4 unspecified atom stereocenters. The second-order valence-corrected chi connectivity index (χ2v) is 10.5. The minimum absolute atomic E-state index is 0.0709. The molecule has 3 N–H and O–H groups in total. The quantitative estimate of drug-likeness (QED) is 0.454. The van der Waals surface area contributed by atoms with Gasteiger partial charge in [-0.1, -0.05) is 13.0 Å². The summed E-state index contributed by atoms with van der Waals surface area (Å²) < 4.78 is 0. The zero-order chi connectivity index (χ0) is 20.3. The number of likely N-dealkylation sites (N-methyl/N-ethyl adjacent to an activating group) is 2. The maximum absolute atomic E-state index is 6.74. The second kappa shape index (κ2) is 9.92. The molecule has 3 nitrogen and oxygen atoms in total. The van der Waals surface area contributed by atoms with E-state index in [0.717, 1.165) is 44.9 Å². The van der Waals surface area contributed by atoms with E-state index in [4.69, 9.17) is 34.8 Å². The number of hydrogen-bond acceptors (Lipinski definition) is 3. The molecule has 0 saturated heterocycles. The molecule has 3 aliphatic rings. The van der Waals surface area contributed by atoms with E-state index in [1.807, 2.05) is 0 Å². The van der Waals surface area contributed by atoms with E-state index in [9.17, 15) is 0 Å². The van der Waals surface area contributed by atoms with Gasteiger partial charge in [0.2, 0.25) is 0 Å². The number of rotatable bonds is 8. The number of nitrogens with one attached hydrogen (secondary N) is 3. The third kappa shape index (κ3) is 5.03. The molecule has 0 aromatic carbocycles. The molecule has 160 valence electrons. The van der Waals surface area contributed by atoms with Crippen molar-refractivity contribution < 1.29 is 0 Å². The summed E-state index contributed by atoms with van der Waals surface area (Å²) >= 11 is 19.5. The maximum Gasteiger partial charge on any atom is 0.0551 e. The smallest absolute Gasteiger partial charge is 0.0551 e. The van der Waals surface area contributed by atoms with Gasteiger partial charge in [-0.2, -0.15) is 0 Å². The Morgan fingerprint density at radius 3 is 2.39 bits per heavy atom. The van der Waals surface area contributed by atoms with Crippen LogP contribution in [0.1, 0.15) is 64.7 Å². The van der Waals surface area contributed by atoms with Crippen molar-refractivity contribution in [2.45, 2.75) is 98.5 Å². The maximum atomic E-state index is 6.74. The summed E-state index contributed by atoms with van der Waals surface area (Å²) in [5, 5.41) is 11.7. The van der Waals surface area contributed by atoms with E-state index in [0.29, 0.717) is 6.04 Å². The highest BCUT2D eigenvalue weighted by molar-refractivity contribution is 6.24. The van der Waals surface area contributed by atoms with Crippen molar-refractivity contribution in [2.75, 3.05) is 14.1 Å². The van der Waals surface area contributed by atoms with E-state index in [1.165, 1.54) is 29.7 Å². The number of halogens is 3. The summed E-state index contributed by atoms with van der Waals surface area (Å²) in [6.45, 7) is 2.27. The lowest BCUT2D eigenvalue weighted by molar-refractivity contribution is 0.393. The van der Waals surface area contributed by atoms with Crippen LogP contribution in [0.2, 0.25) is 0 Å². The van der Waals surface area contributed by atoms with E-state index < -0.39 is 0 Å². The van der Waals surface area contributed by atoms with Crippen LogP contribution in [0.5, 0.6) is 0 Å². The van der Waals surface area contributed by atoms with Gasteiger partial charge in [-0.05, 0) is 83.0 Å². The second-order valence-electron chi connectivity index (χ2n) is 8.66. The van der Waals surface area contributed by atoms with Gasteiger partial charge >= 0.3 is 0 Å². The molecule has 0 bridgehead atoms. The Kier molecular flexibility index (Phi) is 8.06. The first-order valence-electron chi connectivity index (χ1n) is 10.9. The van der Waals surface area contributed by atoms with Crippen LogP contribution < -0.4 is 16.0 Å². The van der Waals surface area contributed by atoms with Gasteiger partial charge in [0, 0.05) is 34.1 Å². The first kappa shape index (κ1) is 22.7. The highest BCUT2D eigenvalue weighted by atomic mass is 35.5. The fourth-order valence-electron chi connectivity index (χ4n) is 4.96. The van der Waals surface area contributed by atoms with Crippen LogP contribution in [-0.4, -0.2) is 47.8 Å². The lowest BCUT2D eigenvalue weighted by Crippen LogP contribution is -2.50. The summed E-state index contributed by atoms with van der Waals surface area (Å²) in [7, 11) is 4.18. The summed E-state index contributed by atoms with van der Waals surface area (Å²) in [4.78, 5) is 0. The van der Waals surface area contributed by atoms with Gasteiger partial charge in [0.25, 0.3) is 0 Å². The van der Waals surface area contributed by atoms with E-state index in [2.05, 4.69) is 43.0 Å². The zero-order valence-electron chi connectivity index (χ0n) is 17.5. The fourth-order valence-corrected chi connectivity index (χ4v) is 5.97. The minimum atomic E-state index is 0.0709. The van der Waals surface area contributed by atoms with Gasteiger partial charge in [-0.3, -0.25) is 0 Å². The monoisotopic (exact) mass is 447 g/mol. The molecule has 5 atom stereocenters. The van der Waals surface area contributed by atoms with Crippen molar-refractivity contribution in [3.63, 3.8) is 0 Å². The molecular weight excluding hydrogens is 413 g/mol. The summed E-state index contributed by atoms with van der Waals surface area (Å²) in [6.07, 6.45) is 11.7. The van der Waals surface area contributed by atoms with Crippen LogP contribution in [0.15, 0.2) is 22.9 Å². The Bertz CT molecular complexity index is 600. The molecule has 0 amide bonds. The molecule has 0 spiro atoms. The molecule has 0 aromatic heterocycles. The predicted octanol–water partition coefficient (Wildman–Crippen LogP) is 5.07. The number of hydrogen-bond donors (Lipinski definition) is 3. The molecule has 0 aliphatic heterocycles. The predicted molar refractivity (Wildman–Crippen MR) is 123 cm³/mol. The lowest BCUT2D eigenvalue weighted by Gasteiger charge is -2.37. The van der Waals surface area contributed by atoms with Crippen molar-refractivity contribution in [3.8, 4) is 0 Å². The standard InChI is InChI=1S/C22H36Cl3N3/c1-4-17(21(26-2)22(27-3)11-12-22)20(14-5-7-15(23)8-6-14)28-19-10-9-16(24)13-18(19)25/h5,15-16,18-19,21,26-28H,4,6-13H2,1-3H3/b20-17-/t15?,16?,18?,19?,21-/m0/s1. The largest absolute Gasteiger partial charge is 0.381 e. The summed E-state index contributed by atoms with van der Waals surface area (Å²) in [5.41, 5.74) is 4.37. The van der Waals surface area contributed by atoms with Gasteiger partial charge in [0.15, 0.2) is 0 Å². The average molecular weight is 449 g/mol. The van der Waals surface area contributed by atoms with Gasteiger partial charge < -0.3 is 16.0 Å². The number of allylic oxidation sites excluding steroid dienone is 2. The summed E-state index contributed by atoms with van der Waals surface area (Å²) in [6, 6.07) is 0.586. The lowest BCUT2D eigenvalue weighted by atomic mass is 9.86. The number of alkyl halides is 3. The third-order valence-electron chi connectivity index (χ3n) is 6.88. The highest BCUT2D eigenvalue weighted by Crippen LogP contribution is 2.43. The Balaban J connectivity index is 1.95. The summed E-state index contributed by atoms with van der Waals surface area (Å²) in [5.74, 6) is 0. The molecule has 28 heavy (non-hydrogen) atoms. The van der Waals surface area contributed by atoms with E-state index in [-0.39, 0.29) is 27.7 Å². The topological polar surface area (TPSA) is 36.1 Å². The van der Waals surface area contributed by atoms with Crippen LogP contribution >= 0.6 is 34.8 Å². The molecule has 0 heterocycles. The van der Waals surface area contributed by atoms with Gasteiger partial charge in [0.05, 0.1) is 5.38 Å². The van der Waals surface area contributed by atoms with Crippen LogP contribution in [-0.2, 0) is 0 Å². The Hall–Kier alpha value is 0.0700. The third-order valence-corrected chi connectivity index (χ3v) is 8.16. The average Bonchev–Trinajstić information content (AvgIpc) is 3.48. The molecule has 0 radical (unpaired) electrons. The molecular formula is C22H36Cl3N3. The van der Waals surface area contributed by atoms with Gasteiger partial charge in [0.1, 0.15) is 0 Å². The Morgan fingerprint density at radius 1 is 1.14 bits per heavy atom. The van der Waals surface area contributed by atoms with Crippen molar-refractivity contribution in [1.29, 1.82) is 0 Å². The van der Waals surface area contributed by atoms with Crippen LogP contribution in [0, 0.1) is 0 Å². The van der Waals surface area contributed by atoms with Crippen molar-refractivity contribution in [1.82, 2.24) is 16.0 Å². The van der Waals surface area contributed by atoms with Crippen molar-refractivity contribution in [2.24, 2.45) is 0 Å². The molecule has 0 aromatic rings. The Labute approximate surface area is 186 Å². The normalized spacial score (nSPS) is 34.3. The first-order chi connectivity index (χ1) is 13.4. The highest BCUT2D eigenvalue weighted by Gasteiger charge is 2.49. The zero-order valence-corrected chi connectivity index (χ0v) is 19.7. The minimum Gasteiger partial charge on any atom is -0.381 e. The molecule has 6 heteroatoms. The van der Waals surface area contributed by atoms with Crippen LogP contribution in [0.4, 0.5) is 0 Å². The van der Waals surface area contributed by atoms with Gasteiger partial charge in [-0.15, -0.1) is 34.8 Å². The van der Waals surface area contributed by atoms with E-state index in [1.54, 1.807) is 0 Å². The van der Waals surface area contributed by atoms with E-state index >= 15 is 0 Å². The van der Waals surface area contributed by atoms with Crippen LogP contribution in [0.3, 0.4) is 0 Å². The van der Waals surface area contributed by atoms with Crippen molar-refractivity contribution >= 4 is 34.8 Å². The van der Waals surface area contributed by atoms with Gasteiger partial charge in [-0.25, -0.2) is 0 Å². The SMILES string of the molecule is CC/C(=C(/NC1CCC(Cl)CC1Cl)C1=CCC(Cl)CC1)[C@H](NC)C1(NC)CC1. The first-order valence-corrected chi connectivity index (χ1v) is 12.2.